The molecule has 0 unspecified atom stereocenters. The van der Waals surface area contributed by atoms with Gasteiger partial charge in [-0.3, -0.25) is 14.9 Å². The predicted molar refractivity (Wildman–Crippen MR) is 110 cm³/mol. The second-order valence-electron chi connectivity index (χ2n) is 5.64. The molecular formula is C18H14ClFN4O2S2. The van der Waals surface area contributed by atoms with Crippen LogP contribution in [-0.4, -0.2) is 27.8 Å². The van der Waals surface area contributed by atoms with Crippen molar-refractivity contribution in [3.63, 3.8) is 0 Å². The Balaban J connectivity index is 1.52. The lowest BCUT2D eigenvalue weighted by Gasteiger charge is -2.06. The van der Waals surface area contributed by atoms with E-state index in [-0.39, 0.29) is 22.4 Å². The summed E-state index contributed by atoms with van der Waals surface area (Å²) in [4.78, 5) is 24.1. The van der Waals surface area contributed by atoms with Gasteiger partial charge in [0.2, 0.25) is 11.0 Å². The molecule has 0 spiro atoms. The monoisotopic (exact) mass is 436 g/mol. The van der Waals surface area contributed by atoms with Crippen LogP contribution in [0.2, 0.25) is 5.02 Å². The maximum atomic E-state index is 13.2. The second-order valence-corrected chi connectivity index (χ2v) is 8.25. The van der Waals surface area contributed by atoms with Gasteiger partial charge in [0.15, 0.2) is 4.34 Å². The molecule has 1 aromatic heterocycles. The average Bonchev–Trinajstić information content (AvgIpc) is 3.10. The van der Waals surface area contributed by atoms with Crippen LogP contribution in [0.15, 0.2) is 46.8 Å². The van der Waals surface area contributed by atoms with Gasteiger partial charge in [-0.1, -0.05) is 46.8 Å². The van der Waals surface area contributed by atoms with Crippen LogP contribution in [0.4, 0.5) is 15.2 Å². The first-order valence-electron chi connectivity index (χ1n) is 8.00. The van der Waals surface area contributed by atoms with Crippen molar-refractivity contribution in [2.24, 2.45) is 0 Å². The van der Waals surface area contributed by atoms with Crippen LogP contribution in [0.5, 0.6) is 0 Å². The number of benzene rings is 2. The number of amides is 2. The Morgan fingerprint density at radius 3 is 2.75 bits per heavy atom. The van der Waals surface area contributed by atoms with Gasteiger partial charge in [0.25, 0.3) is 5.91 Å². The number of thioether (sulfide) groups is 1. The predicted octanol–water partition coefficient (Wildman–Crippen LogP) is 4.62. The summed E-state index contributed by atoms with van der Waals surface area (Å²) in [5.41, 5.74) is 1.72. The van der Waals surface area contributed by atoms with Gasteiger partial charge >= 0.3 is 0 Å². The highest BCUT2D eigenvalue weighted by atomic mass is 35.5. The van der Waals surface area contributed by atoms with Gasteiger partial charge in [0.05, 0.1) is 5.75 Å². The Kier molecular flexibility index (Phi) is 6.61. The SMILES string of the molecule is Cc1ccc(NC(=O)CSc2nnc(NC(=O)c3cccc(F)c3)s2)cc1Cl. The first-order valence-corrected chi connectivity index (χ1v) is 10.2. The molecule has 0 aliphatic rings. The number of carbonyl (C=O) groups excluding carboxylic acids is 2. The third-order valence-electron chi connectivity index (χ3n) is 3.50. The van der Waals surface area contributed by atoms with Crippen LogP contribution in [0.3, 0.4) is 0 Å². The van der Waals surface area contributed by atoms with Crippen molar-refractivity contribution in [2.75, 3.05) is 16.4 Å². The van der Waals surface area contributed by atoms with Gasteiger partial charge in [-0.2, -0.15) is 0 Å². The van der Waals surface area contributed by atoms with Crippen LogP contribution < -0.4 is 10.6 Å². The van der Waals surface area contributed by atoms with Crippen LogP contribution >= 0.6 is 34.7 Å². The molecular weight excluding hydrogens is 423 g/mol. The van der Waals surface area contributed by atoms with Gasteiger partial charge in [0, 0.05) is 16.3 Å². The highest BCUT2D eigenvalue weighted by molar-refractivity contribution is 8.01. The normalized spacial score (nSPS) is 10.5. The lowest BCUT2D eigenvalue weighted by atomic mass is 10.2. The Hall–Kier alpha value is -2.49. The van der Waals surface area contributed by atoms with E-state index in [2.05, 4.69) is 20.8 Å². The smallest absolute Gasteiger partial charge is 0.257 e. The minimum atomic E-state index is -0.498. The maximum Gasteiger partial charge on any atom is 0.257 e. The lowest BCUT2D eigenvalue weighted by Crippen LogP contribution is -2.13. The fourth-order valence-corrected chi connectivity index (χ4v) is 3.84. The van der Waals surface area contributed by atoms with E-state index in [9.17, 15) is 14.0 Å². The summed E-state index contributed by atoms with van der Waals surface area (Å²) in [6.07, 6.45) is 0. The number of nitrogens with one attached hydrogen (secondary N) is 2. The molecule has 1 heterocycles. The topological polar surface area (TPSA) is 84.0 Å². The molecule has 0 aliphatic heterocycles. The summed E-state index contributed by atoms with van der Waals surface area (Å²) < 4.78 is 13.7. The largest absolute Gasteiger partial charge is 0.325 e. The summed E-state index contributed by atoms with van der Waals surface area (Å²) in [5, 5.41) is 13.9. The number of hydrogen-bond acceptors (Lipinski definition) is 6. The molecule has 0 fully saturated rings. The van der Waals surface area contributed by atoms with Gasteiger partial charge in [-0.05, 0) is 42.8 Å². The van der Waals surface area contributed by atoms with Crippen molar-refractivity contribution in [2.45, 2.75) is 11.3 Å². The Labute approximate surface area is 173 Å². The van der Waals surface area contributed by atoms with Crippen molar-refractivity contribution in [3.05, 3.63) is 64.4 Å². The molecule has 3 aromatic rings. The van der Waals surface area contributed by atoms with Crippen molar-refractivity contribution in [3.8, 4) is 0 Å². The Morgan fingerprint density at radius 2 is 2.00 bits per heavy atom. The van der Waals surface area contributed by atoms with Gasteiger partial charge in [-0.15, -0.1) is 10.2 Å². The standard InChI is InChI=1S/C18H14ClFN4O2S2/c1-10-5-6-13(8-14(10)19)21-15(25)9-27-18-24-23-17(28-18)22-16(26)11-3-2-4-12(20)7-11/h2-8H,9H2,1H3,(H,21,25)(H,22,23,26). The first kappa shape index (κ1) is 20.2. The van der Waals surface area contributed by atoms with Crippen molar-refractivity contribution < 1.29 is 14.0 Å². The minimum absolute atomic E-state index is 0.123. The number of aryl methyl sites for hydroxylation is 1. The average molecular weight is 437 g/mol. The van der Waals surface area contributed by atoms with E-state index in [0.717, 1.165) is 23.0 Å². The van der Waals surface area contributed by atoms with E-state index in [4.69, 9.17) is 11.6 Å². The molecule has 0 radical (unpaired) electrons. The number of nitrogens with zero attached hydrogens (tertiary/aromatic N) is 2. The fourth-order valence-electron chi connectivity index (χ4n) is 2.11. The zero-order chi connectivity index (χ0) is 20.1. The minimum Gasteiger partial charge on any atom is -0.325 e. The van der Waals surface area contributed by atoms with Gasteiger partial charge in [-0.25, -0.2) is 4.39 Å². The molecule has 0 atom stereocenters. The van der Waals surface area contributed by atoms with Crippen molar-refractivity contribution in [1.82, 2.24) is 10.2 Å². The molecule has 10 heteroatoms. The Morgan fingerprint density at radius 1 is 1.18 bits per heavy atom. The molecule has 0 aliphatic carbocycles. The van der Waals surface area contributed by atoms with E-state index in [0.29, 0.717) is 15.0 Å². The maximum absolute atomic E-state index is 13.2. The molecule has 2 amide bonds. The number of aromatic nitrogens is 2. The summed E-state index contributed by atoms with van der Waals surface area (Å²) in [6, 6.07) is 10.6. The summed E-state index contributed by atoms with van der Waals surface area (Å²) >= 11 is 8.36. The molecule has 3 rings (SSSR count). The Bertz CT molecular complexity index is 1030. The van der Waals surface area contributed by atoms with E-state index in [1.165, 1.54) is 30.0 Å². The third-order valence-corrected chi connectivity index (χ3v) is 5.88. The van der Waals surface area contributed by atoms with Crippen molar-refractivity contribution in [1.29, 1.82) is 0 Å². The quantitative estimate of drug-likeness (QED) is 0.435. The molecule has 6 nitrogen and oxygen atoms in total. The van der Waals surface area contributed by atoms with Crippen LogP contribution in [-0.2, 0) is 4.79 Å². The molecule has 0 saturated carbocycles. The molecule has 0 saturated heterocycles. The molecule has 0 bridgehead atoms. The number of halogens is 2. The van der Waals surface area contributed by atoms with Crippen molar-refractivity contribution >= 4 is 57.3 Å². The van der Waals surface area contributed by atoms with Gasteiger partial charge < -0.3 is 5.32 Å². The van der Waals surface area contributed by atoms with E-state index < -0.39 is 11.7 Å². The van der Waals surface area contributed by atoms with E-state index in [1.807, 2.05) is 13.0 Å². The third kappa shape index (κ3) is 5.51. The number of rotatable bonds is 6. The summed E-state index contributed by atoms with van der Waals surface area (Å²) in [6.45, 7) is 1.88. The van der Waals surface area contributed by atoms with E-state index in [1.54, 1.807) is 12.1 Å². The molecule has 2 aromatic carbocycles. The lowest BCUT2D eigenvalue weighted by molar-refractivity contribution is -0.113. The van der Waals surface area contributed by atoms with Crippen LogP contribution in [0.25, 0.3) is 0 Å². The molecule has 144 valence electrons. The van der Waals surface area contributed by atoms with E-state index >= 15 is 0 Å². The summed E-state index contributed by atoms with van der Waals surface area (Å²) in [5.74, 6) is -1.08. The number of carbonyl (C=O) groups is 2. The highest BCUT2D eigenvalue weighted by Crippen LogP contribution is 2.26. The summed E-state index contributed by atoms with van der Waals surface area (Å²) in [7, 11) is 0. The van der Waals surface area contributed by atoms with Gasteiger partial charge in [0.1, 0.15) is 5.82 Å². The zero-order valence-electron chi connectivity index (χ0n) is 14.5. The van der Waals surface area contributed by atoms with Crippen LogP contribution in [0.1, 0.15) is 15.9 Å². The first-order chi connectivity index (χ1) is 13.4. The molecule has 2 N–H and O–H groups in total. The van der Waals surface area contributed by atoms with Crippen LogP contribution in [0, 0.1) is 12.7 Å². The highest BCUT2D eigenvalue weighted by Gasteiger charge is 2.12. The zero-order valence-corrected chi connectivity index (χ0v) is 16.9. The number of anilines is 2. The molecule has 28 heavy (non-hydrogen) atoms. The fraction of sp³-hybridized carbons (Fsp3) is 0.111. The number of hydrogen-bond donors (Lipinski definition) is 2. The second kappa shape index (κ2) is 9.13.